The van der Waals surface area contributed by atoms with Gasteiger partial charge in [-0.3, -0.25) is 9.48 Å². The van der Waals surface area contributed by atoms with Crippen LogP contribution in [0.15, 0.2) is 85.3 Å². The molecule has 0 spiro atoms. The van der Waals surface area contributed by atoms with Gasteiger partial charge in [0.2, 0.25) is 0 Å². The molecule has 0 atom stereocenters. The summed E-state index contributed by atoms with van der Waals surface area (Å²) in [7, 11) is 0. The van der Waals surface area contributed by atoms with E-state index in [1.54, 1.807) is 12.4 Å². The van der Waals surface area contributed by atoms with E-state index in [2.05, 4.69) is 39.2 Å². The molecule has 1 aliphatic heterocycles. The first kappa shape index (κ1) is 21.2. The Hall–Kier alpha value is -3.64. The number of hydrogen-bond donors (Lipinski definition) is 0. The van der Waals surface area contributed by atoms with Gasteiger partial charge in [0.25, 0.3) is 5.91 Å². The van der Waals surface area contributed by atoms with Crippen LogP contribution in [0, 0.1) is 0 Å². The van der Waals surface area contributed by atoms with Gasteiger partial charge in [-0.05, 0) is 41.0 Å². The zero-order valence-electron chi connectivity index (χ0n) is 18.1. The molecule has 1 fully saturated rings. The fourth-order valence-electron chi connectivity index (χ4n) is 4.19. The van der Waals surface area contributed by atoms with Gasteiger partial charge in [0.1, 0.15) is 5.82 Å². The number of carbonyl (C=O) groups is 1. The molecule has 0 saturated carbocycles. The Balaban J connectivity index is 1.31. The number of benzene rings is 2. The lowest BCUT2D eigenvalue weighted by Crippen LogP contribution is -2.49. The van der Waals surface area contributed by atoms with Crippen molar-refractivity contribution >= 4 is 23.3 Å². The zero-order chi connectivity index (χ0) is 22.6. The van der Waals surface area contributed by atoms with Crippen molar-refractivity contribution in [3.8, 4) is 11.1 Å². The standard InChI is InChI=1S/C26H24ClN5O/c27-24-7-3-12-28-25(24)30-15-17-31(18-16-30)26(33)23-6-2-1-5-22(23)21-10-8-20(9-11-21)19-32-14-4-13-29-32/h1-14H,15-19H2. The topological polar surface area (TPSA) is 54.3 Å². The molecule has 1 aliphatic rings. The summed E-state index contributed by atoms with van der Waals surface area (Å²) in [6.45, 7) is 3.38. The molecule has 5 rings (SSSR count). The van der Waals surface area contributed by atoms with Gasteiger partial charge in [-0.1, -0.05) is 54.1 Å². The van der Waals surface area contributed by atoms with Crippen LogP contribution < -0.4 is 4.90 Å². The van der Waals surface area contributed by atoms with Crippen LogP contribution in [-0.2, 0) is 6.54 Å². The van der Waals surface area contributed by atoms with Crippen LogP contribution >= 0.6 is 11.6 Å². The van der Waals surface area contributed by atoms with Crippen molar-refractivity contribution in [3.63, 3.8) is 0 Å². The van der Waals surface area contributed by atoms with Gasteiger partial charge in [-0.25, -0.2) is 4.98 Å². The molecular formula is C26H24ClN5O. The highest BCUT2D eigenvalue weighted by Gasteiger charge is 2.25. The van der Waals surface area contributed by atoms with Crippen LogP contribution in [0.2, 0.25) is 5.02 Å². The van der Waals surface area contributed by atoms with Gasteiger partial charge in [-0.2, -0.15) is 5.10 Å². The maximum atomic E-state index is 13.4. The number of pyridine rings is 1. The fourth-order valence-corrected chi connectivity index (χ4v) is 4.43. The maximum absolute atomic E-state index is 13.4. The van der Waals surface area contributed by atoms with E-state index in [1.165, 1.54) is 0 Å². The predicted molar refractivity (Wildman–Crippen MR) is 131 cm³/mol. The van der Waals surface area contributed by atoms with Crippen LogP contribution in [0.25, 0.3) is 11.1 Å². The third-order valence-corrected chi connectivity index (χ3v) is 6.23. The number of carbonyl (C=O) groups excluding carboxylic acids is 1. The van der Waals surface area contributed by atoms with Gasteiger partial charge in [-0.15, -0.1) is 0 Å². The quantitative estimate of drug-likeness (QED) is 0.439. The molecule has 2 aromatic heterocycles. The highest BCUT2D eigenvalue weighted by Crippen LogP contribution is 2.27. The first-order valence-electron chi connectivity index (χ1n) is 11.0. The summed E-state index contributed by atoms with van der Waals surface area (Å²) in [5, 5.41) is 4.90. The molecule has 0 unspecified atom stereocenters. The molecule has 7 heteroatoms. The minimum absolute atomic E-state index is 0.0537. The van der Waals surface area contributed by atoms with Gasteiger partial charge in [0.05, 0.1) is 11.6 Å². The molecule has 0 aliphatic carbocycles. The second-order valence-corrected chi connectivity index (χ2v) is 8.44. The van der Waals surface area contributed by atoms with Crippen molar-refractivity contribution < 1.29 is 4.79 Å². The third-order valence-electron chi connectivity index (χ3n) is 5.93. The van der Waals surface area contributed by atoms with E-state index in [1.807, 2.05) is 58.2 Å². The van der Waals surface area contributed by atoms with Crippen molar-refractivity contribution in [2.75, 3.05) is 31.1 Å². The Morgan fingerprint density at radius 2 is 1.67 bits per heavy atom. The highest BCUT2D eigenvalue weighted by molar-refractivity contribution is 6.32. The van der Waals surface area contributed by atoms with Crippen LogP contribution in [0.4, 0.5) is 5.82 Å². The van der Waals surface area contributed by atoms with Crippen LogP contribution in [0.3, 0.4) is 0 Å². The Morgan fingerprint density at radius 3 is 2.39 bits per heavy atom. The molecule has 3 heterocycles. The summed E-state index contributed by atoms with van der Waals surface area (Å²) >= 11 is 6.30. The van der Waals surface area contributed by atoms with Crippen molar-refractivity contribution in [1.29, 1.82) is 0 Å². The molecule has 0 N–H and O–H groups in total. The normalized spacial score (nSPS) is 13.8. The molecule has 0 radical (unpaired) electrons. The largest absolute Gasteiger partial charge is 0.352 e. The lowest BCUT2D eigenvalue weighted by atomic mass is 9.97. The SMILES string of the molecule is O=C(c1ccccc1-c1ccc(Cn2cccn2)cc1)N1CCN(c2ncccc2Cl)CC1. The molecule has 33 heavy (non-hydrogen) atoms. The number of piperazine rings is 1. The van der Waals surface area contributed by atoms with Gasteiger partial charge < -0.3 is 9.80 Å². The van der Waals surface area contributed by atoms with Crippen molar-refractivity contribution in [3.05, 3.63) is 101 Å². The van der Waals surface area contributed by atoms with E-state index >= 15 is 0 Å². The van der Waals surface area contributed by atoms with Crippen molar-refractivity contribution in [2.24, 2.45) is 0 Å². The number of amides is 1. The average Bonchev–Trinajstić information content (AvgIpc) is 3.38. The van der Waals surface area contributed by atoms with Crippen LogP contribution in [0.5, 0.6) is 0 Å². The smallest absolute Gasteiger partial charge is 0.254 e. The molecule has 0 bridgehead atoms. The summed E-state index contributed by atoms with van der Waals surface area (Å²) in [5.74, 6) is 0.833. The first-order valence-corrected chi connectivity index (χ1v) is 11.4. The number of rotatable bonds is 5. The number of anilines is 1. The van der Waals surface area contributed by atoms with E-state index in [-0.39, 0.29) is 5.91 Å². The summed E-state index contributed by atoms with van der Waals surface area (Å²) < 4.78 is 1.89. The minimum Gasteiger partial charge on any atom is -0.352 e. The van der Waals surface area contributed by atoms with Crippen molar-refractivity contribution in [1.82, 2.24) is 19.7 Å². The lowest BCUT2D eigenvalue weighted by molar-refractivity contribution is 0.0747. The van der Waals surface area contributed by atoms with E-state index < -0.39 is 0 Å². The molecule has 6 nitrogen and oxygen atoms in total. The monoisotopic (exact) mass is 457 g/mol. The highest BCUT2D eigenvalue weighted by atomic mass is 35.5. The predicted octanol–water partition coefficient (Wildman–Crippen LogP) is 4.61. The molecular weight excluding hydrogens is 434 g/mol. The first-order chi connectivity index (χ1) is 16.2. The van der Waals surface area contributed by atoms with Crippen molar-refractivity contribution in [2.45, 2.75) is 6.54 Å². The van der Waals surface area contributed by atoms with Gasteiger partial charge in [0.15, 0.2) is 0 Å². The Kier molecular flexibility index (Phi) is 6.09. The van der Waals surface area contributed by atoms with E-state index in [4.69, 9.17) is 11.6 Å². The van der Waals surface area contributed by atoms with Crippen LogP contribution in [-0.4, -0.2) is 51.8 Å². The average molecular weight is 458 g/mol. The number of halogens is 1. The molecule has 1 saturated heterocycles. The number of nitrogens with zero attached hydrogens (tertiary/aromatic N) is 5. The fraction of sp³-hybridized carbons (Fsp3) is 0.192. The molecule has 166 valence electrons. The third kappa shape index (κ3) is 4.61. The Labute approximate surface area is 198 Å². The summed E-state index contributed by atoms with van der Waals surface area (Å²) in [6.07, 6.45) is 5.47. The van der Waals surface area contributed by atoms with Crippen LogP contribution in [0.1, 0.15) is 15.9 Å². The minimum atomic E-state index is 0.0537. The van der Waals surface area contributed by atoms with E-state index in [9.17, 15) is 4.79 Å². The maximum Gasteiger partial charge on any atom is 0.254 e. The second kappa shape index (κ2) is 9.46. The van der Waals surface area contributed by atoms with E-state index in [0.29, 0.717) is 31.2 Å². The van der Waals surface area contributed by atoms with Gasteiger partial charge >= 0.3 is 0 Å². The molecule has 4 aromatic rings. The number of hydrogen-bond acceptors (Lipinski definition) is 4. The summed E-state index contributed by atoms with van der Waals surface area (Å²) in [5.41, 5.74) is 3.86. The Morgan fingerprint density at radius 1 is 0.879 bits per heavy atom. The van der Waals surface area contributed by atoms with Gasteiger partial charge in [0, 0.05) is 50.3 Å². The molecule has 2 aromatic carbocycles. The number of aromatic nitrogens is 3. The summed E-state index contributed by atoms with van der Waals surface area (Å²) in [4.78, 5) is 21.9. The second-order valence-electron chi connectivity index (χ2n) is 8.03. The zero-order valence-corrected chi connectivity index (χ0v) is 18.9. The summed E-state index contributed by atoms with van der Waals surface area (Å²) in [6, 6.07) is 21.7. The van der Waals surface area contributed by atoms with E-state index in [0.717, 1.165) is 34.6 Å². The Bertz CT molecular complexity index is 1230. The lowest BCUT2D eigenvalue weighted by Gasteiger charge is -2.36. The molecule has 1 amide bonds.